The highest BCUT2D eigenvalue weighted by Gasteiger charge is 2.12. The van der Waals surface area contributed by atoms with Gasteiger partial charge in [-0.2, -0.15) is 0 Å². The molecule has 0 atom stereocenters. The van der Waals surface area contributed by atoms with Crippen LogP contribution in [-0.4, -0.2) is 10.8 Å². The van der Waals surface area contributed by atoms with E-state index in [1.807, 2.05) is 32.0 Å². The number of benzene rings is 1. The molecule has 0 aliphatic heterocycles. The fourth-order valence-corrected chi connectivity index (χ4v) is 2.51. The van der Waals surface area contributed by atoms with E-state index in [2.05, 4.69) is 27.0 Å². The fourth-order valence-electron chi connectivity index (χ4n) is 2.03. The van der Waals surface area contributed by atoms with Gasteiger partial charge in [0.25, 0.3) is 0 Å². The molecule has 0 radical (unpaired) electrons. The van der Waals surface area contributed by atoms with Crippen LogP contribution in [0.1, 0.15) is 27.2 Å². The largest absolute Gasteiger partial charge is 0.292 e. The summed E-state index contributed by atoms with van der Waals surface area (Å²) in [5.41, 5.74) is 3.89. The summed E-state index contributed by atoms with van der Waals surface area (Å²) in [5, 5.41) is 0. The van der Waals surface area contributed by atoms with Crippen LogP contribution in [0, 0.1) is 13.8 Å². The van der Waals surface area contributed by atoms with Gasteiger partial charge < -0.3 is 0 Å². The normalized spacial score (nSPS) is 10.4. The summed E-state index contributed by atoms with van der Waals surface area (Å²) in [6.07, 6.45) is 2.03. The lowest BCUT2D eigenvalue weighted by atomic mass is 10.0. The molecule has 1 heterocycles. The second-order valence-corrected chi connectivity index (χ2v) is 5.28. The first-order valence-electron chi connectivity index (χ1n) is 5.77. The number of ketones is 1. The lowest BCUT2D eigenvalue weighted by Crippen LogP contribution is -2.07. The maximum atomic E-state index is 12.2. The van der Waals surface area contributed by atoms with E-state index in [4.69, 9.17) is 0 Å². The molecule has 0 aliphatic rings. The Balaban J connectivity index is 2.24. The van der Waals surface area contributed by atoms with Crippen molar-refractivity contribution in [3.05, 3.63) is 63.4 Å². The second kappa shape index (κ2) is 5.44. The number of hydrogen-bond donors (Lipinski definition) is 0. The minimum absolute atomic E-state index is 0.0347. The van der Waals surface area contributed by atoms with Gasteiger partial charge in [0.1, 0.15) is 5.69 Å². The molecule has 92 valence electrons. The van der Waals surface area contributed by atoms with Crippen LogP contribution in [0.25, 0.3) is 0 Å². The maximum absolute atomic E-state index is 12.2. The van der Waals surface area contributed by atoms with Gasteiger partial charge in [-0.1, -0.05) is 29.3 Å². The summed E-state index contributed by atoms with van der Waals surface area (Å²) in [4.78, 5) is 16.3. The van der Waals surface area contributed by atoms with Crippen molar-refractivity contribution in [1.29, 1.82) is 0 Å². The van der Waals surface area contributed by atoms with Crippen LogP contribution in [0.5, 0.6) is 0 Å². The summed E-state index contributed by atoms with van der Waals surface area (Å²) in [6, 6.07) is 9.83. The summed E-state index contributed by atoms with van der Waals surface area (Å²) >= 11 is 3.36. The fraction of sp³-hybridized carbons (Fsp3) is 0.200. The molecule has 3 heteroatoms. The van der Waals surface area contributed by atoms with Crippen LogP contribution < -0.4 is 0 Å². The first-order valence-corrected chi connectivity index (χ1v) is 6.56. The van der Waals surface area contributed by atoms with Crippen LogP contribution >= 0.6 is 15.9 Å². The Hall–Kier alpha value is -1.48. The number of rotatable bonds is 3. The van der Waals surface area contributed by atoms with Crippen LogP contribution in [0.2, 0.25) is 0 Å². The Morgan fingerprint density at radius 3 is 2.50 bits per heavy atom. The van der Waals surface area contributed by atoms with Gasteiger partial charge in [-0.25, -0.2) is 0 Å². The Morgan fingerprint density at radius 2 is 1.89 bits per heavy atom. The molecule has 1 aromatic heterocycles. The third-order valence-corrected chi connectivity index (χ3v) is 3.31. The molecule has 0 bridgehead atoms. The maximum Gasteiger partial charge on any atom is 0.186 e. The smallest absolute Gasteiger partial charge is 0.186 e. The van der Waals surface area contributed by atoms with Gasteiger partial charge in [-0.3, -0.25) is 9.78 Å². The molecule has 0 unspecified atom stereocenters. The summed E-state index contributed by atoms with van der Waals surface area (Å²) < 4.78 is 0.749. The number of nitrogens with zero attached hydrogens (tertiary/aromatic N) is 1. The molecule has 0 aliphatic carbocycles. The molecule has 0 amide bonds. The number of carbonyl (C=O) groups is 1. The molecule has 0 fully saturated rings. The average molecular weight is 304 g/mol. The highest BCUT2D eigenvalue weighted by molar-refractivity contribution is 9.10. The Bertz CT molecular complexity index is 573. The number of halogens is 1. The zero-order chi connectivity index (χ0) is 13.1. The lowest BCUT2D eigenvalue weighted by Gasteiger charge is -2.05. The van der Waals surface area contributed by atoms with E-state index in [0.29, 0.717) is 12.1 Å². The number of pyridine rings is 1. The summed E-state index contributed by atoms with van der Waals surface area (Å²) in [7, 11) is 0. The van der Waals surface area contributed by atoms with Crippen molar-refractivity contribution in [3.63, 3.8) is 0 Å². The van der Waals surface area contributed by atoms with Gasteiger partial charge in [-0.05, 0) is 47.5 Å². The van der Waals surface area contributed by atoms with Crippen molar-refractivity contribution in [2.45, 2.75) is 20.3 Å². The van der Waals surface area contributed by atoms with Crippen molar-refractivity contribution in [2.24, 2.45) is 0 Å². The molecule has 2 nitrogen and oxygen atoms in total. The minimum Gasteiger partial charge on any atom is -0.292 e. The van der Waals surface area contributed by atoms with Gasteiger partial charge in [0.2, 0.25) is 0 Å². The molecule has 2 aromatic rings. The van der Waals surface area contributed by atoms with Crippen molar-refractivity contribution in [1.82, 2.24) is 4.98 Å². The number of aromatic nitrogens is 1. The van der Waals surface area contributed by atoms with E-state index in [-0.39, 0.29) is 5.78 Å². The average Bonchev–Trinajstić information content (AvgIpc) is 2.27. The number of Topliss-reactive ketones (excluding diaryl/α,β-unsaturated/α-hetero) is 1. The summed E-state index contributed by atoms with van der Waals surface area (Å²) in [5.74, 6) is 0.0347. The van der Waals surface area contributed by atoms with Crippen molar-refractivity contribution < 1.29 is 4.79 Å². The molecule has 0 saturated heterocycles. The third kappa shape index (κ3) is 3.05. The van der Waals surface area contributed by atoms with E-state index >= 15 is 0 Å². The van der Waals surface area contributed by atoms with E-state index in [1.54, 1.807) is 12.3 Å². The predicted molar refractivity (Wildman–Crippen MR) is 75.9 cm³/mol. The lowest BCUT2D eigenvalue weighted by molar-refractivity contribution is 0.0987. The van der Waals surface area contributed by atoms with Gasteiger partial charge in [0.05, 0.1) is 0 Å². The highest BCUT2D eigenvalue weighted by atomic mass is 79.9. The second-order valence-electron chi connectivity index (χ2n) is 4.43. The molecular formula is C15H14BrNO. The van der Waals surface area contributed by atoms with Gasteiger partial charge in [0.15, 0.2) is 5.78 Å². The Kier molecular flexibility index (Phi) is 3.92. The van der Waals surface area contributed by atoms with Gasteiger partial charge in [-0.15, -0.1) is 0 Å². The van der Waals surface area contributed by atoms with Gasteiger partial charge in [0, 0.05) is 17.1 Å². The quantitative estimate of drug-likeness (QED) is 0.805. The Labute approximate surface area is 115 Å². The monoisotopic (exact) mass is 303 g/mol. The molecule has 0 saturated carbocycles. The van der Waals surface area contributed by atoms with E-state index in [1.165, 1.54) is 11.1 Å². The molecule has 1 aromatic carbocycles. The predicted octanol–water partition coefficient (Wildman–Crippen LogP) is 3.89. The summed E-state index contributed by atoms with van der Waals surface area (Å²) in [6.45, 7) is 4.08. The standard InChI is InChI=1S/C15H14BrNO/c1-10-6-11(2)8-12(7-10)9-14(18)15-13(16)4-3-5-17-15/h3-8H,9H2,1-2H3. The van der Waals surface area contributed by atoms with Gasteiger partial charge >= 0.3 is 0 Å². The van der Waals surface area contributed by atoms with Crippen LogP contribution in [0.4, 0.5) is 0 Å². The van der Waals surface area contributed by atoms with Crippen molar-refractivity contribution >= 4 is 21.7 Å². The minimum atomic E-state index is 0.0347. The van der Waals surface area contributed by atoms with Crippen molar-refractivity contribution in [2.75, 3.05) is 0 Å². The Morgan fingerprint density at radius 1 is 1.22 bits per heavy atom. The van der Waals surface area contributed by atoms with Crippen LogP contribution in [-0.2, 0) is 6.42 Å². The molecule has 0 N–H and O–H groups in total. The van der Waals surface area contributed by atoms with Crippen molar-refractivity contribution in [3.8, 4) is 0 Å². The molecule has 0 spiro atoms. The SMILES string of the molecule is Cc1cc(C)cc(CC(=O)c2ncccc2Br)c1. The number of carbonyl (C=O) groups excluding carboxylic acids is 1. The first-order chi connectivity index (χ1) is 8.56. The molecule has 2 rings (SSSR count). The highest BCUT2D eigenvalue weighted by Crippen LogP contribution is 2.17. The van der Waals surface area contributed by atoms with E-state index in [9.17, 15) is 4.79 Å². The number of aryl methyl sites for hydroxylation is 2. The zero-order valence-electron chi connectivity index (χ0n) is 10.4. The molecule has 18 heavy (non-hydrogen) atoms. The van der Waals surface area contributed by atoms with Crippen LogP contribution in [0.3, 0.4) is 0 Å². The zero-order valence-corrected chi connectivity index (χ0v) is 12.0. The molecular weight excluding hydrogens is 290 g/mol. The number of hydrogen-bond acceptors (Lipinski definition) is 2. The van der Waals surface area contributed by atoms with Crippen LogP contribution in [0.15, 0.2) is 41.0 Å². The van der Waals surface area contributed by atoms with E-state index in [0.717, 1.165) is 10.0 Å². The topological polar surface area (TPSA) is 30.0 Å². The first kappa shape index (κ1) is 13.0. The third-order valence-electron chi connectivity index (χ3n) is 2.67. The van der Waals surface area contributed by atoms with E-state index < -0.39 is 0 Å².